The summed E-state index contributed by atoms with van der Waals surface area (Å²) in [5.74, 6) is -0.141. The fourth-order valence-corrected chi connectivity index (χ4v) is 5.80. The van der Waals surface area contributed by atoms with Gasteiger partial charge in [0.2, 0.25) is 0 Å². The molecule has 1 fully saturated rings. The first kappa shape index (κ1) is 21.0. The molecule has 34 heavy (non-hydrogen) atoms. The largest absolute Gasteiger partial charge is 0.368 e. The zero-order chi connectivity index (χ0) is 23.1. The highest BCUT2D eigenvalue weighted by Gasteiger charge is 2.29. The highest BCUT2D eigenvalue weighted by molar-refractivity contribution is 8.18. The Morgan fingerprint density at radius 1 is 0.794 bits per heavy atom. The summed E-state index contributed by atoms with van der Waals surface area (Å²) in [5, 5.41) is 5.49. The Balaban J connectivity index is 1.26. The zero-order valence-electron chi connectivity index (χ0n) is 19.1. The second-order valence-electron chi connectivity index (χ2n) is 8.86. The number of rotatable bonds is 2. The van der Waals surface area contributed by atoms with E-state index in [1.807, 2.05) is 6.08 Å². The van der Waals surface area contributed by atoms with E-state index in [9.17, 15) is 4.79 Å². The van der Waals surface area contributed by atoms with Crippen molar-refractivity contribution in [3.05, 3.63) is 94.9 Å². The maximum Gasteiger partial charge on any atom is 0.286 e. The number of fused-ring (bicyclic) bond motifs is 2. The van der Waals surface area contributed by atoms with Gasteiger partial charge in [-0.25, -0.2) is 0 Å². The maximum atomic E-state index is 12.9. The van der Waals surface area contributed by atoms with Crippen molar-refractivity contribution in [3.8, 4) is 0 Å². The average molecular weight is 464 g/mol. The van der Waals surface area contributed by atoms with Gasteiger partial charge >= 0.3 is 0 Å². The van der Waals surface area contributed by atoms with Crippen LogP contribution in [0.15, 0.2) is 88.8 Å². The molecule has 4 aromatic carbocycles. The molecule has 0 radical (unpaired) electrons. The molecule has 0 aliphatic carbocycles. The lowest BCUT2D eigenvalue weighted by Crippen LogP contribution is -2.47. The molecule has 2 aliphatic heterocycles. The van der Waals surface area contributed by atoms with Crippen molar-refractivity contribution in [1.29, 1.82) is 0 Å². The Morgan fingerprint density at radius 2 is 1.44 bits per heavy atom. The second-order valence-corrected chi connectivity index (χ2v) is 9.86. The molecule has 4 nitrogen and oxygen atoms in total. The first-order valence-corrected chi connectivity index (χ1v) is 12.5. The minimum absolute atomic E-state index is 0.141. The van der Waals surface area contributed by atoms with Gasteiger partial charge in [0.25, 0.3) is 5.91 Å². The summed E-state index contributed by atoms with van der Waals surface area (Å²) < 4.78 is 0. The van der Waals surface area contributed by atoms with Crippen LogP contribution in [0.25, 0.3) is 27.6 Å². The molecule has 0 saturated carbocycles. The van der Waals surface area contributed by atoms with Crippen molar-refractivity contribution >= 4 is 56.1 Å². The number of hydrogen-bond donors (Lipinski definition) is 0. The van der Waals surface area contributed by atoms with Gasteiger partial charge in [0.05, 0.1) is 4.91 Å². The number of anilines is 1. The van der Waals surface area contributed by atoms with Crippen molar-refractivity contribution in [1.82, 2.24) is 4.90 Å². The second kappa shape index (κ2) is 8.65. The number of amides is 1. The fraction of sp³-hybridized carbons (Fsp3) is 0.172. The van der Waals surface area contributed by atoms with Gasteiger partial charge in [0.15, 0.2) is 5.17 Å². The summed E-state index contributed by atoms with van der Waals surface area (Å²) in [6.07, 6.45) is 2.04. The van der Waals surface area contributed by atoms with Gasteiger partial charge < -0.3 is 9.80 Å². The molecule has 2 aliphatic rings. The van der Waals surface area contributed by atoms with E-state index in [2.05, 4.69) is 101 Å². The van der Waals surface area contributed by atoms with Crippen molar-refractivity contribution < 1.29 is 4.79 Å². The minimum atomic E-state index is -0.141. The number of nitrogens with zero attached hydrogens (tertiary/aromatic N) is 3. The lowest BCUT2D eigenvalue weighted by Gasteiger charge is -2.36. The van der Waals surface area contributed by atoms with Crippen molar-refractivity contribution in [2.75, 3.05) is 31.1 Å². The van der Waals surface area contributed by atoms with Crippen LogP contribution in [-0.4, -0.2) is 42.2 Å². The average Bonchev–Trinajstić information content (AvgIpc) is 3.24. The van der Waals surface area contributed by atoms with Crippen LogP contribution in [0.2, 0.25) is 0 Å². The summed E-state index contributed by atoms with van der Waals surface area (Å²) >= 11 is 1.51. The van der Waals surface area contributed by atoms with Crippen molar-refractivity contribution in [2.24, 2.45) is 4.99 Å². The standard InChI is InChI=1S/C29H25N3OS/c1-20-7-6-10-23(17-20)31-13-15-32(16-14-31)29-30-28(33)27(34-29)19-26-24-11-4-2-8-21(24)18-22-9-3-5-12-25(22)26/h2-12,17-19H,13-16H2,1H3. The predicted molar refractivity (Wildman–Crippen MR) is 144 cm³/mol. The number of thioether (sulfide) groups is 1. The third-order valence-electron chi connectivity index (χ3n) is 6.61. The lowest BCUT2D eigenvalue weighted by atomic mass is 9.96. The number of aliphatic imine (C=N–C) groups is 1. The molecule has 0 atom stereocenters. The summed E-state index contributed by atoms with van der Waals surface area (Å²) in [6, 6.07) is 27.6. The van der Waals surface area contributed by atoms with Gasteiger partial charge in [-0.1, -0.05) is 60.7 Å². The number of hydrogen-bond acceptors (Lipinski definition) is 4. The number of carbonyl (C=O) groups is 1. The van der Waals surface area contributed by atoms with E-state index >= 15 is 0 Å². The van der Waals surface area contributed by atoms with E-state index in [1.54, 1.807) is 0 Å². The molecule has 0 spiro atoms. The quantitative estimate of drug-likeness (QED) is 0.266. The summed E-state index contributed by atoms with van der Waals surface area (Å²) in [5.41, 5.74) is 3.63. The number of amidine groups is 1. The van der Waals surface area contributed by atoms with E-state index < -0.39 is 0 Å². The highest BCUT2D eigenvalue weighted by atomic mass is 32.2. The molecule has 1 saturated heterocycles. The van der Waals surface area contributed by atoms with E-state index in [-0.39, 0.29) is 5.91 Å². The smallest absolute Gasteiger partial charge is 0.286 e. The molecule has 0 aromatic heterocycles. The van der Waals surface area contributed by atoms with Crippen LogP contribution in [0.3, 0.4) is 0 Å². The topological polar surface area (TPSA) is 35.9 Å². The Labute approximate surface area is 203 Å². The summed E-state index contributed by atoms with van der Waals surface area (Å²) in [6.45, 7) is 5.69. The molecular formula is C29H25N3OS. The number of benzene rings is 4. The number of carbonyl (C=O) groups excluding carboxylic acids is 1. The van der Waals surface area contributed by atoms with E-state index in [4.69, 9.17) is 0 Å². The fourth-order valence-electron chi connectivity index (χ4n) is 4.85. The molecule has 6 rings (SSSR count). The van der Waals surface area contributed by atoms with Crippen LogP contribution >= 0.6 is 11.8 Å². The molecule has 4 aromatic rings. The first-order valence-electron chi connectivity index (χ1n) is 11.7. The first-order chi connectivity index (χ1) is 16.7. The third kappa shape index (κ3) is 3.86. The summed E-state index contributed by atoms with van der Waals surface area (Å²) in [4.78, 5) is 22.7. The molecule has 2 heterocycles. The van der Waals surface area contributed by atoms with Gasteiger partial charge in [-0.3, -0.25) is 4.79 Å². The van der Waals surface area contributed by atoms with Crippen molar-refractivity contribution in [3.63, 3.8) is 0 Å². The molecular weight excluding hydrogens is 438 g/mol. The molecule has 168 valence electrons. The molecule has 1 amide bonds. The molecule has 0 bridgehead atoms. The van der Waals surface area contributed by atoms with Crippen LogP contribution in [0.4, 0.5) is 5.69 Å². The predicted octanol–water partition coefficient (Wildman–Crippen LogP) is 6.09. The Morgan fingerprint density at radius 3 is 2.12 bits per heavy atom. The van der Waals surface area contributed by atoms with Crippen LogP contribution in [0, 0.1) is 6.92 Å². The zero-order valence-corrected chi connectivity index (χ0v) is 19.9. The third-order valence-corrected chi connectivity index (χ3v) is 7.66. The van der Waals surface area contributed by atoms with Gasteiger partial charge in [-0.05, 0) is 75.6 Å². The number of piperazine rings is 1. The normalized spacial score (nSPS) is 17.7. The number of aryl methyl sites for hydroxylation is 1. The molecule has 0 unspecified atom stereocenters. The summed E-state index contributed by atoms with van der Waals surface area (Å²) in [7, 11) is 0. The molecule has 0 N–H and O–H groups in total. The minimum Gasteiger partial charge on any atom is -0.368 e. The lowest BCUT2D eigenvalue weighted by molar-refractivity contribution is -0.113. The Kier molecular flexibility index (Phi) is 5.34. The van der Waals surface area contributed by atoms with Crippen LogP contribution in [0.5, 0.6) is 0 Å². The maximum absolute atomic E-state index is 12.9. The van der Waals surface area contributed by atoms with Gasteiger partial charge in [-0.2, -0.15) is 4.99 Å². The SMILES string of the molecule is Cc1cccc(N2CCN(C3=NC(=O)C(=Cc4c5ccccc5cc5ccccc45)S3)CC2)c1. The van der Waals surface area contributed by atoms with Gasteiger partial charge in [0, 0.05) is 31.9 Å². The van der Waals surface area contributed by atoms with E-state index in [0.717, 1.165) is 47.7 Å². The monoisotopic (exact) mass is 463 g/mol. The molecule has 5 heteroatoms. The van der Waals surface area contributed by atoms with Gasteiger partial charge in [0.1, 0.15) is 0 Å². The van der Waals surface area contributed by atoms with E-state index in [0.29, 0.717) is 4.91 Å². The van der Waals surface area contributed by atoms with Crippen molar-refractivity contribution in [2.45, 2.75) is 6.92 Å². The van der Waals surface area contributed by atoms with Crippen LogP contribution in [-0.2, 0) is 4.79 Å². The van der Waals surface area contributed by atoms with Crippen LogP contribution in [0.1, 0.15) is 11.1 Å². The Bertz CT molecular complexity index is 1430. The van der Waals surface area contributed by atoms with Crippen LogP contribution < -0.4 is 4.90 Å². The highest BCUT2D eigenvalue weighted by Crippen LogP contribution is 2.35. The van der Waals surface area contributed by atoms with E-state index in [1.165, 1.54) is 33.8 Å². The van der Waals surface area contributed by atoms with Gasteiger partial charge in [-0.15, -0.1) is 0 Å². The Hall–Kier alpha value is -3.57.